The summed E-state index contributed by atoms with van der Waals surface area (Å²) in [5.41, 5.74) is 7.08. The van der Waals surface area contributed by atoms with Gasteiger partial charge in [0.2, 0.25) is 5.91 Å². The molecule has 1 atom stereocenters. The molecule has 0 radical (unpaired) electrons. The molecule has 2 amide bonds. The number of morpholine rings is 1. The Hall–Kier alpha value is -2.25. The van der Waals surface area contributed by atoms with Gasteiger partial charge < -0.3 is 15.4 Å². The highest BCUT2D eigenvalue weighted by Crippen LogP contribution is 2.33. The fourth-order valence-corrected chi connectivity index (χ4v) is 3.78. The zero-order valence-electron chi connectivity index (χ0n) is 13.1. The summed E-state index contributed by atoms with van der Waals surface area (Å²) >= 11 is 1.36. The lowest BCUT2D eigenvalue weighted by atomic mass is 10.1. The number of nitrogens with two attached hydrogens (primary N) is 1. The lowest BCUT2D eigenvalue weighted by molar-refractivity contribution is -0.133. The minimum absolute atomic E-state index is 0.147. The van der Waals surface area contributed by atoms with E-state index in [0.717, 1.165) is 16.0 Å². The van der Waals surface area contributed by atoms with Crippen LogP contribution < -0.4 is 5.73 Å². The molecular weight excluding hydrogens is 331 g/mol. The van der Waals surface area contributed by atoms with Gasteiger partial charge in [0.1, 0.15) is 5.82 Å². The van der Waals surface area contributed by atoms with Gasteiger partial charge in [-0.2, -0.15) is 0 Å². The predicted octanol–water partition coefficient (Wildman–Crippen LogP) is 2.19. The number of benzene rings is 1. The van der Waals surface area contributed by atoms with Crippen molar-refractivity contribution in [3.05, 3.63) is 46.6 Å². The van der Waals surface area contributed by atoms with Crippen molar-refractivity contribution in [2.45, 2.75) is 13.0 Å². The van der Waals surface area contributed by atoms with Crippen LogP contribution >= 0.6 is 11.3 Å². The van der Waals surface area contributed by atoms with Gasteiger partial charge in [-0.1, -0.05) is 12.1 Å². The van der Waals surface area contributed by atoms with E-state index in [1.807, 2.05) is 13.0 Å². The Morgan fingerprint density at radius 1 is 1.33 bits per heavy atom. The second-order valence-corrected chi connectivity index (χ2v) is 6.69. The summed E-state index contributed by atoms with van der Waals surface area (Å²) in [5.74, 6) is -1.01. The van der Waals surface area contributed by atoms with E-state index in [0.29, 0.717) is 11.4 Å². The van der Waals surface area contributed by atoms with E-state index in [1.165, 1.54) is 23.5 Å². The number of nitrogens with zero attached hydrogens (tertiary/aromatic N) is 1. The summed E-state index contributed by atoms with van der Waals surface area (Å²) < 4.78 is 18.3. The number of carbonyl (C=O) groups is 2. The average molecular weight is 348 g/mol. The van der Waals surface area contributed by atoms with Crippen LogP contribution in [0.3, 0.4) is 0 Å². The smallest absolute Gasteiger partial charge is 0.264 e. The lowest BCUT2D eigenvalue weighted by Crippen LogP contribution is -2.50. The molecule has 5 nitrogen and oxygen atoms in total. The number of primary amides is 1. The molecule has 1 aromatic carbocycles. The standard InChI is InChI=1S/C17H17FN2O3S/c1-10-8-14(24-15(10)11-2-4-12(18)5-3-11)17(22)20-6-7-23-13(9-20)16(19)21/h2-5,8,13H,6-7,9H2,1H3,(H2,19,21)/t13-/m0/s1. The van der Waals surface area contributed by atoms with Gasteiger partial charge >= 0.3 is 0 Å². The minimum Gasteiger partial charge on any atom is -0.367 e. The Morgan fingerprint density at radius 2 is 2.04 bits per heavy atom. The van der Waals surface area contributed by atoms with Gasteiger partial charge in [0.05, 0.1) is 18.0 Å². The molecule has 126 valence electrons. The summed E-state index contributed by atoms with van der Waals surface area (Å²) in [6.07, 6.45) is -0.764. The molecule has 2 heterocycles. The number of amides is 2. The van der Waals surface area contributed by atoms with Crippen LogP contribution in [0.25, 0.3) is 10.4 Å². The van der Waals surface area contributed by atoms with Gasteiger partial charge in [0, 0.05) is 11.4 Å². The van der Waals surface area contributed by atoms with E-state index in [9.17, 15) is 14.0 Å². The van der Waals surface area contributed by atoms with E-state index in [1.54, 1.807) is 17.0 Å². The number of thiophene rings is 1. The van der Waals surface area contributed by atoms with Crippen LogP contribution in [0.2, 0.25) is 0 Å². The molecule has 0 unspecified atom stereocenters. The highest BCUT2D eigenvalue weighted by atomic mass is 32.1. The third kappa shape index (κ3) is 3.32. The van der Waals surface area contributed by atoms with Crippen molar-refractivity contribution in [2.75, 3.05) is 19.7 Å². The van der Waals surface area contributed by atoms with Crippen LogP contribution in [-0.4, -0.2) is 42.5 Å². The molecule has 24 heavy (non-hydrogen) atoms. The Kier molecular flexibility index (Phi) is 4.64. The molecule has 1 aliphatic heterocycles. The predicted molar refractivity (Wildman–Crippen MR) is 89.3 cm³/mol. The maximum absolute atomic E-state index is 13.1. The van der Waals surface area contributed by atoms with E-state index < -0.39 is 12.0 Å². The van der Waals surface area contributed by atoms with E-state index in [4.69, 9.17) is 10.5 Å². The van der Waals surface area contributed by atoms with Crippen molar-refractivity contribution in [2.24, 2.45) is 5.73 Å². The Balaban J connectivity index is 1.82. The zero-order valence-corrected chi connectivity index (χ0v) is 13.9. The Bertz CT molecular complexity index is 773. The van der Waals surface area contributed by atoms with Crippen molar-refractivity contribution >= 4 is 23.2 Å². The number of hydrogen-bond donors (Lipinski definition) is 1. The minimum atomic E-state index is -0.764. The fourth-order valence-electron chi connectivity index (χ4n) is 2.64. The number of halogens is 1. The normalized spacial score (nSPS) is 17.8. The summed E-state index contributed by atoms with van der Waals surface area (Å²) in [6, 6.07) is 8.01. The molecular formula is C17H17FN2O3S. The van der Waals surface area contributed by atoms with Gasteiger partial charge in [0.25, 0.3) is 5.91 Å². The second kappa shape index (κ2) is 6.70. The lowest BCUT2D eigenvalue weighted by Gasteiger charge is -2.31. The van der Waals surface area contributed by atoms with Crippen LogP contribution in [0.5, 0.6) is 0 Å². The molecule has 1 aromatic heterocycles. The average Bonchev–Trinajstić information content (AvgIpc) is 2.97. The third-order valence-electron chi connectivity index (χ3n) is 3.91. The van der Waals surface area contributed by atoms with Gasteiger partial charge in [0.15, 0.2) is 6.10 Å². The van der Waals surface area contributed by atoms with Crippen LogP contribution in [0.1, 0.15) is 15.2 Å². The molecule has 0 spiro atoms. The van der Waals surface area contributed by atoms with Crippen molar-refractivity contribution < 1.29 is 18.7 Å². The fraction of sp³-hybridized carbons (Fsp3) is 0.294. The first kappa shape index (κ1) is 16.6. The first-order chi connectivity index (χ1) is 11.5. The molecule has 0 bridgehead atoms. The van der Waals surface area contributed by atoms with Crippen LogP contribution in [0.4, 0.5) is 4.39 Å². The Morgan fingerprint density at radius 3 is 2.71 bits per heavy atom. The van der Waals surface area contributed by atoms with Crippen LogP contribution in [0, 0.1) is 12.7 Å². The maximum atomic E-state index is 13.1. The van der Waals surface area contributed by atoms with Crippen molar-refractivity contribution in [3.63, 3.8) is 0 Å². The van der Waals surface area contributed by atoms with Crippen molar-refractivity contribution in [3.8, 4) is 10.4 Å². The molecule has 2 aromatic rings. The number of carbonyl (C=O) groups excluding carboxylic acids is 2. The van der Waals surface area contributed by atoms with Gasteiger partial charge in [-0.05, 0) is 36.2 Å². The first-order valence-electron chi connectivity index (χ1n) is 7.52. The van der Waals surface area contributed by atoms with E-state index >= 15 is 0 Å². The first-order valence-corrected chi connectivity index (χ1v) is 8.34. The van der Waals surface area contributed by atoms with E-state index in [2.05, 4.69) is 0 Å². The van der Waals surface area contributed by atoms with Gasteiger partial charge in [-0.25, -0.2) is 4.39 Å². The molecule has 0 saturated carbocycles. The number of hydrogen-bond acceptors (Lipinski definition) is 4. The topological polar surface area (TPSA) is 72.6 Å². The van der Waals surface area contributed by atoms with Crippen LogP contribution in [-0.2, 0) is 9.53 Å². The number of rotatable bonds is 3. The summed E-state index contributed by atoms with van der Waals surface area (Å²) in [4.78, 5) is 27.0. The summed E-state index contributed by atoms with van der Waals surface area (Å²) in [6.45, 7) is 2.79. The van der Waals surface area contributed by atoms with Gasteiger partial charge in [-0.15, -0.1) is 11.3 Å². The largest absolute Gasteiger partial charge is 0.367 e. The Labute approximate surface area is 142 Å². The van der Waals surface area contributed by atoms with Gasteiger partial charge in [-0.3, -0.25) is 9.59 Å². The highest BCUT2D eigenvalue weighted by molar-refractivity contribution is 7.17. The van der Waals surface area contributed by atoms with E-state index in [-0.39, 0.29) is 24.9 Å². The third-order valence-corrected chi connectivity index (χ3v) is 5.18. The van der Waals surface area contributed by atoms with Crippen molar-refractivity contribution in [1.82, 2.24) is 4.90 Å². The maximum Gasteiger partial charge on any atom is 0.264 e. The zero-order chi connectivity index (χ0) is 17.3. The summed E-state index contributed by atoms with van der Waals surface area (Å²) in [7, 11) is 0. The molecule has 1 aliphatic rings. The van der Waals surface area contributed by atoms with Crippen molar-refractivity contribution in [1.29, 1.82) is 0 Å². The number of aryl methyl sites for hydroxylation is 1. The number of ether oxygens (including phenoxy) is 1. The molecule has 1 saturated heterocycles. The molecule has 1 fully saturated rings. The quantitative estimate of drug-likeness (QED) is 0.924. The molecule has 3 rings (SSSR count). The molecule has 2 N–H and O–H groups in total. The SMILES string of the molecule is Cc1cc(C(=O)N2CCO[C@H](C(N)=O)C2)sc1-c1ccc(F)cc1. The second-order valence-electron chi connectivity index (χ2n) is 5.64. The molecule has 7 heteroatoms. The molecule has 0 aliphatic carbocycles. The van der Waals surface area contributed by atoms with Crippen LogP contribution in [0.15, 0.2) is 30.3 Å². The summed E-state index contributed by atoms with van der Waals surface area (Å²) in [5, 5.41) is 0. The monoisotopic (exact) mass is 348 g/mol. The highest BCUT2D eigenvalue weighted by Gasteiger charge is 2.29.